The minimum atomic E-state index is -0.841. The minimum Gasteiger partial charge on any atom is -0.481 e. The van der Waals surface area contributed by atoms with Gasteiger partial charge in [-0.25, -0.2) is 4.79 Å². The third-order valence-corrected chi connectivity index (χ3v) is 4.65. The number of carbonyl (C=O) groups is 2. The Labute approximate surface area is 130 Å². The molecule has 1 atom stereocenters. The van der Waals surface area contributed by atoms with Gasteiger partial charge in [0.05, 0.1) is 11.2 Å². The van der Waals surface area contributed by atoms with Gasteiger partial charge in [0.25, 0.3) is 0 Å². The van der Waals surface area contributed by atoms with Crippen LogP contribution in [0.3, 0.4) is 0 Å². The lowest BCUT2D eigenvalue weighted by atomic mass is 9.95. The zero-order valence-electron chi connectivity index (χ0n) is 13.2. The van der Waals surface area contributed by atoms with Crippen molar-refractivity contribution in [3.8, 4) is 0 Å². The Morgan fingerprint density at radius 2 is 2.00 bits per heavy atom. The highest BCUT2D eigenvalue weighted by Gasteiger charge is 2.49. The number of carboxylic acid groups (broad SMARTS) is 1. The number of carbonyl (C=O) groups excluding carboxylic acids is 1. The monoisotopic (exact) mass is 318 g/mol. The van der Waals surface area contributed by atoms with Crippen LogP contribution in [-0.2, 0) is 9.53 Å². The number of ether oxygens (including phenoxy) is 1. The van der Waals surface area contributed by atoms with Crippen molar-refractivity contribution in [1.29, 1.82) is 0 Å². The first kappa shape index (κ1) is 18.1. The lowest BCUT2D eigenvalue weighted by molar-refractivity contribution is -0.138. The van der Waals surface area contributed by atoms with Crippen molar-refractivity contribution in [2.75, 3.05) is 19.6 Å². The van der Waals surface area contributed by atoms with Crippen molar-refractivity contribution < 1.29 is 19.4 Å². The molecular formula is C14H26N2O4S. The molecule has 0 spiro atoms. The summed E-state index contributed by atoms with van der Waals surface area (Å²) < 4.78 is 4.88. The van der Waals surface area contributed by atoms with Crippen LogP contribution in [-0.4, -0.2) is 57.3 Å². The summed E-state index contributed by atoms with van der Waals surface area (Å²) in [5.41, 5.74) is 5.00. The van der Waals surface area contributed by atoms with Gasteiger partial charge in [-0.2, -0.15) is 0 Å². The van der Waals surface area contributed by atoms with E-state index in [2.05, 4.69) is 0 Å². The van der Waals surface area contributed by atoms with E-state index >= 15 is 0 Å². The Morgan fingerprint density at radius 3 is 2.43 bits per heavy atom. The molecule has 0 aromatic carbocycles. The Morgan fingerprint density at radius 1 is 1.43 bits per heavy atom. The molecule has 1 aliphatic heterocycles. The second kappa shape index (κ2) is 6.87. The molecule has 0 aliphatic carbocycles. The third kappa shape index (κ3) is 5.74. The molecule has 1 unspecified atom stereocenters. The Kier molecular flexibility index (Phi) is 5.92. The minimum absolute atomic E-state index is 0.0475. The topological polar surface area (TPSA) is 92.9 Å². The second-order valence-corrected chi connectivity index (χ2v) is 8.50. The lowest BCUT2D eigenvalue weighted by Gasteiger charge is -2.49. The van der Waals surface area contributed by atoms with Crippen LogP contribution in [0.4, 0.5) is 4.79 Å². The third-order valence-electron chi connectivity index (χ3n) is 3.11. The molecule has 1 heterocycles. The van der Waals surface area contributed by atoms with Gasteiger partial charge in [-0.15, -0.1) is 11.8 Å². The number of rotatable bonds is 6. The van der Waals surface area contributed by atoms with Gasteiger partial charge in [0.2, 0.25) is 0 Å². The Balaban J connectivity index is 2.61. The van der Waals surface area contributed by atoms with E-state index in [1.807, 2.05) is 27.7 Å². The smallest absolute Gasteiger partial charge is 0.410 e. The van der Waals surface area contributed by atoms with Gasteiger partial charge in [0.15, 0.2) is 0 Å². The molecule has 1 saturated heterocycles. The van der Waals surface area contributed by atoms with E-state index in [0.29, 0.717) is 19.6 Å². The molecule has 0 aromatic rings. The molecule has 0 aromatic heterocycles. The van der Waals surface area contributed by atoms with Crippen LogP contribution >= 0.6 is 11.8 Å². The largest absolute Gasteiger partial charge is 0.481 e. The summed E-state index contributed by atoms with van der Waals surface area (Å²) in [6.45, 7) is 8.87. The maximum absolute atomic E-state index is 12.0. The van der Waals surface area contributed by atoms with Crippen LogP contribution in [0.1, 0.15) is 40.5 Å². The van der Waals surface area contributed by atoms with E-state index in [1.54, 1.807) is 16.7 Å². The number of likely N-dealkylation sites (tertiary alicyclic amines) is 1. The van der Waals surface area contributed by atoms with Crippen molar-refractivity contribution in [1.82, 2.24) is 4.90 Å². The molecular weight excluding hydrogens is 292 g/mol. The molecule has 6 nitrogen and oxygen atoms in total. The van der Waals surface area contributed by atoms with Gasteiger partial charge in [0, 0.05) is 18.3 Å². The number of nitrogens with zero attached hydrogens (tertiary/aromatic N) is 1. The summed E-state index contributed by atoms with van der Waals surface area (Å²) in [6, 6.07) is 0. The van der Waals surface area contributed by atoms with Gasteiger partial charge >= 0.3 is 12.1 Å². The number of nitrogens with two attached hydrogens (primary N) is 1. The average Bonchev–Trinajstić information content (AvgIpc) is 2.21. The Hall–Kier alpha value is -0.950. The number of aliphatic carboxylic acids is 1. The van der Waals surface area contributed by atoms with E-state index in [-0.39, 0.29) is 17.8 Å². The molecule has 1 amide bonds. The van der Waals surface area contributed by atoms with Gasteiger partial charge in [0.1, 0.15) is 5.60 Å². The van der Waals surface area contributed by atoms with Crippen LogP contribution in [0, 0.1) is 0 Å². The van der Waals surface area contributed by atoms with Crippen molar-refractivity contribution in [2.45, 2.75) is 56.1 Å². The summed E-state index contributed by atoms with van der Waals surface area (Å²) in [4.78, 5) is 24.6. The van der Waals surface area contributed by atoms with Gasteiger partial charge in [-0.3, -0.25) is 4.79 Å². The molecule has 0 radical (unpaired) electrons. The average molecular weight is 318 g/mol. The summed E-state index contributed by atoms with van der Waals surface area (Å²) in [7, 11) is 0. The zero-order chi connectivity index (χ0) is 16.3. The van der Waals surface area contributed by atoms with E-state index in [0.717, 1.165) is 6.42 Å². The normalized spacial score (nSPS) is 18.8. The Bertz CT molecular complexity index is 389. The van der Waals surface area contributed by atoms with Crippen LogP contribution in [0.2, 0.25) is 0 Å². The molecule has 0 bridgehead atoms. The first-order chi connectivity index (χ1) is 9.57. The maximum atomic E-state index is 12.0. The van der Waals surface area contributed by atoms with Gasteiger partial charge in [-0.05, 0) is 33.7 Å². The van der Waals surface area contributed by atoms with Crippen molar-refractivity contribution >= 4 is 23.8 Å². The van der Waals surface area contributed by atoms with Gasteiger partial charge in [-0.1, -0.05) is 6.92 Å². The quantitative estimate of drug-likeness (QED) is 0.777. The van der Waals surface area contributed by atoms with Crippen molar-refractivity contribution in [3.63, 3.8) is 0 Å². The summed E-state index contributed by atoms with van der Waals surface area (Å²) in [5.74, 6) is -0.841. The fourth-order valence-corrected chi connectivity index (χ4v) is 4.10. The highest BCUT2D eigenvalue weighted by molar-refractivity contribution is 8.01. The van der Waals surface area contributed by atoms with Crippen LogP contribution in [0.5, 0.6) is 0 Å². The summed E-state index contributed by atoms with van der Waals surface area (Å²) >= 11 is 1.62. The van der Waals surface area contributed by atoms with Crippen molar-refractivity contribution in [3.05, 3.63) is 0 Å². The molecule has 7 heteroatoms. The fraction of sp³-hybridized carbons (Fsp3) is 0.857. The molecule has 1 fully saturated rings. The summed E-state index contributed by atoms with van der Waals surface area (Å²) in [5, 5.41) is 9.37. The van der Waals surface area contributed by atoms with E-state index in [4.69, 9.17) is 15.6 Å². The van der Waals surface area contributed by atoms with E-state index in [9.17, 15) is 9.59 Å². The van der Waals surface area contributed by atoms with E-state index < -0.39 is 16.3 Å². The molecule has 1 rings (SSSR count). The fourth-order valence-electron chi connectivity index (χ4n) is 2.33. The molecule has 21 heavy (non-hydrogen) atoms. The first-order valence-electron chi connectivity index (χ1n) is 7.14. The molecule has 122 valence electrons. The van der Waals surface area contributed by atoms with Crippen LogP contribution < -0.4 is 5.73 Å². The highest BCUT2D eigenvalue weighted by atomic mass is 32.2. The number of hydrogen-bond acceptors (Lipinski definition) is 5. The number of carboxylic acids is 1. The maximum Gasteiger partial charge on any atom is 0.410 e. The molecule has 0 saturated carbocycles. The predicted molar refractivity (Wildman–Crippen MR) is 83.5 cm³/mol. The van der Waals surface area contributed by atoms with Crippen molar-refractivity contribution in [2.24, 2.45) is 5.73 Å². The van der Waals surface area contributed by atoms with Gasteiger partial charge < -0.3 is 20.5 Å². The lowest BCUT2D eigenvalue weighted by Crippen LogP contribution is -2.63. The second-order valence-electron chi connectivity index (χ2n) is 6.60. The molecule has 3 N–H and O–H groups in total. The van der Waals surface area contributed by atoms with E-state index in [1.165, 1.54) is 0 Å². The molecule has 1 aliphatic rings. The number of hydrogen-bond donors (Lipinski definition) is 2. The predicted octanol–water partition coefficient (Wildman–Crippen LogP) is 1.92. The standard InChI is InChI=1S/C14H26N2O4S/c1-10(5-6-15)21-14(7-11(17)18)8-16(9-14)12(19)20-13(2,3)4/h10H,5-9,15H2,1-4H3,(H,17,18). The number of thioether (sulfide) groups is 1. The van der Waals surface area contributed by atoms with Crippen LogP contribution in [0.15, 0.2) is 0 Å². The SMILES string of the molecule is CC(CCN)SC1(CC(=O)O)CN(C(=O)OC(C)(C)C)C1. The zero-order valence-corrected chi connectivity index (χ0v) is 14.0. The first-order valence-corrected chi connectivity index (χ1v) is 8.02. The summed E-state index contributed by atoms with van der Waals surface area (Å²) in [6.07, 6.45) is 0.500. The highest BCUT2D eigenvalue weighted by Crippen LogP contribution is 2.42. The number of amides is 1. The van der Waals surface area contributed by atoms with Crippen LogP contribution in [0.25, 0.3) is 0 Å².